The Morgan fingerprint density at radius 3 is 1.86 bits per heavy atom. The minimum absolute atomic E-state index is 0.0396. The van der Waals surface area contributed by atoms with Crippen molar-refractivity contribution >= 4 is 40.5 Å². The number of hydrogen-bond donors (Lipinski definition) is 3. The highest BCUT2D eigenvalue weighted by Crippen LogP contribution is 2.37. The highest BCUT2D eigenvalue weighted by atomic mass is 16.4. The van der Waals surface area contributed by atoms with Gasteiger partial charge in [-0.1, -0.05) is 48.5 Å². The second-order valence-corrected chi connectivity index (χ2v) is 7.95. The number of anilines is 3. The van der Waals surface area contributed by atoms with E-state index in [0.29, 0.717) is 11.3 Å². The van der Waals surface area contributed by atoms with Gasteiger partial charge in [-0.3, -0.25) is 14.4 Å². The predicted molar refractivity (Wildman–Crippen MR) is 131 cm³/mol. The summed E-state index contributed by atoms with van der Waals surface area (Å²) in [7, 11) is 0. The fourth-order valence-electron chi connectivity index (χ4n) is 4.10. The molecule has 5 rings (SSSR count). The molecule has 0 saturated carbocycles. The number of benzene rings is 4. The smallest absolute Gasteiger partial charge is 0.335 e. The Kier molecular flexibility index (Phi) is 5.43. The van der Waals surface area contributed by atoms with Gasteiger partial charge in [-0.2, -0.15) is 0 Å². The first-order chi connectivity index (χ1) is 16.9. The molecule has 0 radical (unpaired) electrons. The Labute approximate surface area is 200 Å². The van der Waals surface area contributed by atoms with Crippen LogP contribution in [-0.2, 0) is 0 Å². The fourth-order valence-corrected chi connectivity index (χ4v) is 4.10. The summed E-state index contributed by atoms with van der Waals surface area (Å²) in [5.41, 5.74) is 2.19. The van der Waals surface area contributed by atoms with Crippen LogP contribution in [0.15, 0.2) is 91.0 Å². The van der Waals surface area contributed by atoms with E-state index in [1.165, 1.54) is 24.3 Å². The van der Waals surface area contributed by atoms with Gasteiger partial charge in [0.1, 0.15) is 0 Å². The minimum Gasteiger partial charge on any atom is -0.478 e. The lowest BCUT2D eigenvalue weighted by Gasteiger charge is -2.23. The molecule has 0 fully saturated rings. The topological polar surface area (TPSA) is 113 Å². The second kappa shape index (κ2) is 8.72. The molecule has 0 heterocycles. The third kappa shape index (κ3) is 3.95. The quantitative estimate of drug-likeness (QED) is 0.333. The van der Waals surface area contributed by atoms with Gasteiger partial charge in [0.25, 0.3) is 5.91 Å². The monoisotopic (exact) mass is 462 g/mol. The molecule has 1 aliphatic rings. The number of hydrogen-bond acceptors (Lipinski definition) is 5. The number of para-hydroxylation sites is 1. The molecular formula is C28H18N2O5. The van der Waals surface area contributed by atoms with Gasteiger partial charge in [-0.15, -0.1) is 0 Å². The molecule has 170 valence electrons. The molecule has 35 heavy (non-hydrogen) atoms. The van der Waals surface area contributed by atoms with E-state index >= 15 is 0 Å². The van der Waals surface area contributed by atoms with Crippen LogP contribution in [0.4, 0.5) is 17.1 Å². The van der Waals surface area contributed by atoms with Gasteiger partial charge in [0, 0.05) is 22.4 Å². The first kappa shape index (κ1) is 21.8. The maximum atomic E-state index is 13.5. The highest BCUT2D eigenvalue weighted by molar-refractivity contribution is 6.32. The number of carbonyl (C=O) groups excluding carboxylic acids is 3. The zero-order valence-electron chi connectivity index (χ0n) is 18.2. The number of carbonyl (C=O) groups is 4. The molecule has 0 bridgehead atoms. The molecule has 1 aliphatic carbocycles. The van der Waals surface area contributed by atoms with Crippen molar-refractivity contribution in [3.05, 3.63) is 124 Å². The van der Waals surface area contributed by atoms with Crippen molar-refractivity contribution in [3.63, 3.8) is 0 Å². The lowest BCUT2D eigenvalue weighted by atomic mass is 9.82. The maximum absolute atomic E-state index is 13.5. The van der Waals surface area contributed by atoms with E-state index in [-0.39, 0.29) is 45.1 Å². The lowest BCUT2D eigenvalue weighted by molar-refractivity contribution is 0.0696. The normalized spacial score (nSPS) is 11.9. The molecule has 7 heteroatoms. The molecule has 0 atom stereocenters. The summed E-state index contributed by atoms with van der Waals surface area (Å²) in [6.45, 7) is 0. The first-order valence-electron chi connectivity index (χ1n) is 10.8. The summed E-state index contributed by atoms with van der Waals surface area (Å²) in [6, 6.07) is 24.5. The van der Waals surface area contributed by atoms with Gasteiger partial charge in [-0.05, 0) is 42.5 Å². The minimum atomic E-state index is -1.16. The van der Waals surface area contributed by atoms with Crippen molar-refractivity contribution in [2.75, 3.05) is 10.6 Å². The van der Waals surface area contributed by atoms with E-state index in [4.69, 9.17) is 0 Å². The van der Waals surface area contributed by atoms with Crippen LogP contribution in [0.25, 0.3) is 0 Å². The Morgan fingerprint density at radius 2 is 1.20 bits per heavy atom. The number of carboxylic acid groups (broad SMARTS) is 1. The molecule has 0 unspecified atom stereocenters. The zero-order valence-corrected chi connectivity index (χ0v) is 18.2. The van der Waals surface area contributed by atoms with Crippen LogP contribution in [0.5, 0.6) is 0 Å². The SMILES string of the molecule is O=C(O)c1cccc(C(=O)Nc2ccc(Nc3ccccc3)c3c2C(=O)c2ccccc2C3=O)c1. The zero-order chi connectivity index (χ0) is 24.5. The number of rotatable bonds is 5. The van der Waals surface area contributed by atoms with Crippen molar-refractivity contribution in [2.45, 2.75) is 0 Å². The molecule has 3 N–H and O–H groups in total. The van der Waals surface area contributed by atoms with Crippen molar-refractivity contribution in [2.24, 2.45) is 0 Å². The van der Waals surface area contributed by atoms with Crippen LogP contribution in [0.2, 0.25) is 0 Å². The maximum Gasteiger partial charge on any atom is 0.335 e. The Morgan fingerprint density at radius 1 is 0.629 bits per heavy atom. The Balaban J connectivity index is 1.61. The van der Waals surface area contributed by atoms with Crippen molar-refractivity contribution in [1.82, 2.24) is 0 Å². The van der Waals surface area contributed by atoms with Crippen LogP contribution in [0.3, 0.4) is 0 Å². The van der Waals surface area contributed by atoms with E-state index < -0.39 is 11.9 Å². The third-order valence-electron chi connectivity index (χ3n) is 5.75. The van der Waals surface area contributed by atoms with E-state index in [0.717, 1.165) is 5.69 Å². The molecule has 0 aromatic heterocycles. The predicted octanol–water partition coefficient (Wildman–Crippen LogP) is 5.16. The van der Waals surface area contributed by atoms with Crippen LogP contribution in [-0.4, -0.2) is 28.5 Å². The first-order valence-corrected chi connectivity index (χ1v) is 10.8. The highest BCUT2D eigenvalue weighted by Gasteiger charge is 2.34. The summed E-state index contributed by atoms with van der Waals surface area (Å²) in [5, 5.41) is 15.1. The molecular weight excluding hydrogens is 444 g/mol. The molecule has 0 aliphatic heterocycles. The average molecular weight is 462 g/mol. The number of amides is 1. The van der Waals surface area contributed by atoms with Crippen molar-refractivity contribution in [1.29, 1.82) is 0 Å². The summed E-state index contributed by atoms with van der Waals surface area (Å²) < 4.78 is 0. The largest absolute Gasteiger partial charge is 0.478 e. The van der Waals surface area contributed by atoms with Crippen molar-refractivity contribution in [3.8, 4) is 0 Å². The molecule has 1 amide bonds. The van der Waals surface area contributed by atoms with Crippen LogP contribution < -0.4 is 10.6 Å². The average Bonchev–Trinajstić information content (AvgIpc) is 2.88. The summed E-state index contributed by atoms with van der Waals surface area (Å²) in [6.07, 6.45) is 0. The lowest BCUT2D eigenvalue weighted by Crippen LogP contribution is -2.25. The molecule has 0 spiro atoms. The van der Waals surface area contributed by atoms with Crippen molar-refractivity contribution < 1.29 is 24.3 Å². The summed E-state index contributed by atoms with van der Waals surface area (Å²) in [4.78, 5) is 51.3. The number of aromatic carboxylic acids is 1. The van der Waals surface area contributed by atoms with E-state index in [2.05, 4.69) is 10.6 Å². The molecule has 4 aromatic carbocycles. The van der Waals surface area contributed by atoms with Gasteiger partial charge in [-0.25, -0.2) is 4.79 Å². The number of ketones is 2. The van der Waals surface area contributed by atoms with Gasteiger partial charge in [0.05, 0.1) is 28.1 Å². The standard InChI is InChI=1S/C28H18N2O5/c31-25-19-11-4-5-12-20(19)26(32)24-22(30-27(33)16-7-6-8-17(15-16)28(34)35)14-13-21(23(24)25)29-18-9-2-1-3-10-18/h1-15,29H,(H,30,33)(H,34,35). The number of fused-ring (bicyclic) bond motifs is 2. The Bertz CT molecular complexity index is 1530. The van der Waals surface area contributed by atoms with Gasteiger partial charge in [0.15, 0.2) is 11.6 Å². The van der Waals surface area contributed by atoms with E-state index in [1.54, 1.807) is 36.4 Å². The van der Waals surface area contributed by atoms with Gasteiger partial charge in [0.2, 0.25) is 0 Å². The van der Waals surface area contributed by atoms with Gasteiger partial charge < -0.3 is 15.7 Å². The number of carboxylic acids is 1. The third-order valence-corrected chi connectivity index (χ3v) is 5.75. The van der Waals surface area contributed by atoms with E-state index in [9.17, 15) is 24.3 Å². The molecule has 4 aromatic rings. The second-order valence-electron chi connectivity index (χ2n) is 7.95. The summed E-state index contributed by atoms with van der Waals surface area (Å²) in [5.74, 6) is -2.48. The fraction of sp³-hybridized carbons (Fsp3) is 0. The Hall–Kier alpha value is -5.04. The van der Waals surface area contributed by atoms with Crippen LogP contribution in [0, 0.1) is 0 Å². The number of nitrogens with one attached hydrogen (secondary N) is 2. The van der Waals surface area contributed by atoms with E-state index in [1.807, 2.05) is 30.3 Å². The summed E-state index contributed by atoms with van der Waals surface area (Å²) >= 11 is 0. The van der Waals surface area contributed by atoms with Crippen LogP contribution in [0.1, 0.15) is 52.6 Å². The molecule has 0 saturated heterocycles. The van der Waals surface area contributed by atoms with Crippen LogP contribution >= 0.6 is 0 Å². The molecule has 7 nitrogen and oxygen atoms in total. The van der Waals surface area contributed by atoms with Gasteiger partial charge >= 0.3 is 5.97 Å².